The monoisotopic (exact) mass is 744 g/mol. The van der Waals surface area contributed by atoms with Gasteiger partial charge in [-0.25, -0.2) is 4.79 Å². The van der Waals surface area contributed by atoms with Crippen molar-refractivity contribution in [3.63, 3.8) is 0 Å². The predicted molar refractivity (Wildman–Crippen MR) is 211 cm³/mol. The van der Waals surface area contributed by atoms with Crippen LogP contribution in [-0.4, -0.2) is 78.8 Å². The Morgan fingerprint density at radius 3 is 2.44 bits per heavy atom. The van der Waals surface area contributed by atoms with Crippen LogP contribution in [0, 0.1) is 31.6 Å². The number of aliphatic hydroxyl groups is 2. The van der Waals surface area contributed by atoms with Crippen molar-refractivity contribution in [2.24, 2.45) is 22.9 Å². The molecule has 0 unspecified atom stereocenters. The van der Waals surface area contributed by atoms with Gasteiger partial charge in [-0.05, 0) is 111 Å². The average Bonchev–Trinajstić information content (AvgIpc) is 3.16. The van der Waals surface area contributed by atoms with E-state index in [4.69, 9.17) is 23.8 Å². The second kappa shape index (κ2) is 19.5. The molecular formula is C44H60N2O8. The highest BCUT2D eigenvalue weighted by Crippen LogP contribution is 2.62. The number of ether oxygens (including phenoxy) is 4. The largest absolute Gasteiger partial charge is 0.459 e. The van der Waals surface area contributed by atoms with E-state index in [1.54, 1.807) is 24.2 Å². The molecule has 1 heterocycles. The van der Waals surface area contributed by atoms with Crippen molar-refractivity contribution < 1.29 is 38.8 Å². The van der Waals surface area contributed by atoms with Crippen molar-refractivity contribution in [1.82, 2.24) is 4.90 Å². The number of nitrogens with zero attached hydrogens (tertiary/aromatic N) is 2. The van der Waals surface area contributed by atoms with E-state index < -0.39 is 23.8 Å². The van der Waals surface area contributed by atoms with Crippen molar-refractivity contribution in [3.8, 4) is 17.2 Å². The molecule has 3 aliphatic rings. The van der Waals surface area contributed by atoms with Crippen molar-refractivity contribution in [1.29, 1.82) is 0 Å². The van der Waals surface area contributed by atoms with E-state index in [9.17, 15) is 15.0 Å². The lowest BCUT2D eigenvalue weighted by atomic mass is 9.55. The minimum Gasteiger partial charge on any atom is -0.459 e. The fourth-order valence-corrected chi connectivity index (χ4v) is 8.66. The van der Waals surface area contributed by atoms with Crippen LogP contribution in [0.1, 0.15) is 87.3 Å². The molecule has 0 bridgehead atoms. The summed E-state index contributed by atoms with van der Waals surface area (Å²) in [6.07, 6.45) is 11.7. The summed E-state index contributed by atoms with van der Waals surface area (Å²) in [6, 6.07) is 11.5. The number of aliphatic hydroxyl groups excluding tert-OH is 2. The lowest BCUT2D eigenvalue weighted by Crippen LogP contribution is -2.70. The molecular weight excluding hydrogens is 684 g/mol. The van der Waals surface area contributed by atoms with Gasteiger partial charge in [0.2, 0.25) is 5.79 Å². The number of unbranched alkanes of at least 4 members (excludes halogenated alkanes) is 2. The number of hydrogen-bond acceptors (Lipinski definition) is 9. The minimum absolute atomic E-state index is 0.108. The molecule has 1 saturated carbocycles. The Kier molecular flexibility index (Phi) is 14.8. The van der Waals surface area contributed by atoms with Gasteiger partial charge in [0.15, 0.2) is 0 Å². The first-order chi connectivity index (χ1) is 26.3. The number of oxime groups is 1. The first kappa shape index (κ1) is 41.1. The Hall–Kier alpha value is -4.12. The number of amides is 1. The van der Waals surface area contributed by atoms with Crippen LogP contribution >= 0.6 is 0 Å². The molecule has 1 fully saturated rings. The SMILES string of the molecule is C=CCCOC(=O)N(CCC)[C@H]1CC(=NOC)C2=C[C@H](CCCCO)[C@@H](CCCCO)[C@@H]3c4cc(Oc5ccc(C)c(C)c5)ccc4O[C@@]1(OCC=C)[C@H]23. The lowest BCUT2D eigenvalue weighted by Gasteiger charge is -2.59. The van der Waals surface area contributed by atoms with Gasteiger partial charge in [0.25, 0.3) is 0 Å². The predicted octanol–water partition coefficient (Wildman–Crippen LogP) is 8.78. The van der Waals surface area contributed by atoms with Gasteiger partial charge >= 0.3 is 6.09 Å². The average molecular weight is 745 g/mol. The Morgan fingerprint density at radius 2 is 1.76 bits per heavy atom. The number of rotatable bonds is 20. The van der Waals surface area contributed by atoms with E-state index in [1.807, 2.05) is 31.2 Å². The quantitative estimate of drug-likeness (QED) is 0.0785. The van der Waals surface area contributed by atoms with Gasteiger partial charge in [0, 0.05) is 37.7 Å². The second-order valence-corrected chi connectivity index (χ2v) is 14.7. The molecule has 294 valence electrons. The van der Waals surface area contributed by atoms with Gasteiger partial charge in [-0.2, -0.15) is 0 Å². The van der Waals surface area contributed by atoms with Gasteiger partial charge in [0.05, 0.1) is 24.8 Å². The molecule has 2 aromatic rings. The van der Waals surface area contributed by atoms with Crippen molar-refractivity contribution in [3.05, 3.63) is 90.0 Å². The van der Waals surface area contributed by atoms with Crippen LogP contribution in [0.4, 0.5) is 4.79 Å². The Morgan fingerprint density at radius 1 is 1.02 bits per heavy atom. The van der Waals surface area contributed by atoms with Crippen molar-refractivity contribution >= 4 is 11.8 Å². The standard InChI is InChI=1S/C44H60N2O8/c1-7-10-25-51-43(49)46(21-8-2)40-29-38(45-50-6)36-27-32(15-11-13-22-47)35(16-12-14-23-48)41-37-28-34(53-33-18-17-30(4)31(5)26-33)19-20-39(37)54-44(40,42(36)41)52-24-9-3/h7,9,17-20,26-28,32,35,40-42,47-48H,1,3,8,10-16,21-25,29H2,2,4-6H3/t32-,35+,40-,41+,42+,44+/m0/s1. The summed E-state index contributed by atoms with van der Waals surface area (Å²) in [7, 11) is 1.55. The second-order valence-electron chi connectivity index (χ2n) is 14.7. The molecule has 2 aliphatic carbocycles. The summed E-state index contributed by atoms with van der Waals surface area (Å²) in [5.74, 6) is 0.473. The van der Waals surface area contributed by atoms with E-state index in [0.29, 0.717) is 50.1 Å². The minimum atomic E-state index is -1.33. The number of hydrogen-bond donors (Lipinski definition) is 2. The van der Waals surface area contributed by atoms with Crippen LogP contribution in [0.2, 0.25) is 0 Å². The zero-order valence-corrected chi connectivity index (χ0v) is 32.6. The third-order valence-electron chi connectivity index (χ3n) is 11.2. The van der Waals surface area contributed by atoms with Gasteiger partial charge < -0.3 is 34.0 Å². The maximum absolute atomic E-state index is 14.0. The highest BCUT2D eigenvalue weighted by Gasteiger charge is 2.65. The molecule has 5 rings (SSSR count). The van der Waals surface area contributed by atoms with Crippen LogP contribution in [0.15, 0.2) is 78.5 Å². The van der Waals surface area contributed by atoms with E-state index in [1.165, 1.54) is 5.56 Å². The molecule has 10 nitrogen and oxygen atoms in total. The summed E-state index contributed by atoms with van der Waals surface area (Å²) in [4.78, 5) is 21.3. The molecule has 0 aromatic heterocycles. The zero-order chi connectivity index (χ0) is 38.7. The number of fused-ring (bicyclic) bond motifs is 2. The van der Waals surface area contributed by atoms with Gasteiger partial charge in [-0.3, -0.25) is 4.90 Å². The molecule has 0 radical (unpaired) electrons. The number of benzene rings is 2. The molecule has 2 N–H and O–H groups in total. The number of allylic oxidation sites excluding steroid dienone is 1. The van der Waals surface area contributed by atoms with Gasteiger partial charge in [0.1, 0.15) is 30.4 Å². The number of carbonyl (C=O) groups is 1. The van der Waals surface area contributed by atoms with E-state index in [-0.39, 0.29) is 44.2 Å². The third-order valence-corrected chi connectivity index (χ3v) is 11.2. The summed E-state index contributed by atoms with van der Waals surface area (Å²) >= 11 is 0. The molecule has 1 amide bonds. The van der Waals surface area contributed by atoms with Gasteiger partial charge in [-0.1, -0.05) is 49.2 Å². The maximum atomic E-state index is 14.0. The first-order valence-corrected chi connectivity index (χ1v) is 19.7. The van der Waals surface area contributed by atoms with Crippen molar-refractivity contribution in [2.75, 3.05) is 40.1 Å². The van der Waals surface area contributed by atoms with Crippen LogP contribution in [0.3, 0.4) is 0 Å². The Labute approximate surface area is 321 Å². The molecule has 6 atom stereocenters. The van der Waals surface area contributed by atoms with Crippen LogP contribution < -0.4 is 9.47 Å². The fourth-order valence-electron chi connectivity index (χ4n) is 8.66. The van der Waals surface area contributed by atoms with Crippen LogP contribution in [-0.2, 0) is 14.3 Å². The van der Waals surface area contributed by atoms with Gasteiger partial charge in [-0.15, -0.1) is 13.2 Å². The summed E-state index contributed by atoms with van der Waals surface area (Å²) in [5.41, 5.74) is 5.06. The molecule has 0 spiro atoms. The Balaban J connectivity index is 1.75. The van der Waals surface area contributed by atoms with Crippen LogP contribution in [0.25, 0.3) is 0 Å². The smallest absolute Gasteiger partial charge is 0.410 e. The lowest BCUT2D eigenvalue weighted by molar-refractivity contribution is -0.255. The summed E-state index contributed by atoms with van der Waals surface area (Å²) in [6.45, 7) is 15.0. The normalized spacial score (nSPS) is 24.7. The summed E-state index contributed by atoms with van der Waals surface area (Å²) < 4.78 is 26.6. The zero-order valence-electron chi connectivity index (χ0n) is 32.6. The summed E-state index contributed by atoms with van der Waals surface area (Å²) in [5, 5.41) is 24.3. The van der Waals surface area contributed by atoms with E-state index in [0.717, 1.165) is 53.8 Å². The maximum Gasteiger partial charge on any atom is 0.410 e. The number of aryl methyl sites for hydroxylation is 2. The van der Waals surface area contributed by atoms with E-state index >= 15 is 0 Å². The van der Waals surface area contributed by atoms with Crippen LogP contribution in [0.5, 0.6) is 17.2 Å². The first-order valence-electron chi connectivity index (χ1n) is 19.7. The molecule has 2 aromatic carbocycles. The molecule has 0 saturated heterocycles. The third kappa shape index (κ3) is 8.88. The molecule has 54 heavy (non-hydrogen) atoms. The highest BCUT2D eigenvalue weighted by molar-refractivity contribution is 6.02. The van der Waals surface area contributed by atoms with Crippen molar-refractivity contribution in [2.45, 2.75) is 96.3 Å². The highest BCUT2D eigenvalue weighted by atomic mass is 16.7. The molecule has 1 aliphatic heterocycles. The Bertz CT molecular complexity index is 1650. The van der Waals surface area contributed by atoms with E-state index in [2.05, 4.69) is 50.4 Å². The fraction of sp³-hybridized carbons (Fsp3) is 0.545. The molecule has 10 heteroatoms. The number of carbonyl (C=O) groups excluding carboxylic acids is 1. The topological polar surface area (TPSA) is 119 Å².